The van der Waals surface area contributed by atoms with Crippen molar-refractivity contribution >= 4 is 0 Å². The fraction of sp³-hybridized carbons (Fsp3) is 0.375. The van der Waals surface area contributed by atoms with E-state index in [1.54, 1.807) is 5.57 Å². The van der Waals surface area contributed by atoms with Crippen molar-refractivity contribution in [3.05, 3.63) is 60.6 Å². The first-order valence-electron chi connectivity index (χ1n) is 6.17. The number of fused-ring (bicyclic) bond motifs is 1. The SMILES string of the molecule is CC1[CH-]C2=CC=CC(C)C2C1.[Cl-].[Cl-].[Zr+4].c1cc[cH-]c1. The fourth-order valence-corrected chi connectivity index (χ4v) is 2.55. The first-order valence-corrected chi connectivity index (χ1v) is 6.17. The molecule has 1 fully saturated rings. The molecule has 0 nitrogen and oxygen atoms in total. The average molecular weight is 374 g/mol. The van der Waals surface area contributed by atoms with Crippen LogP contribution in [0.1, 0.15) is 20.3 Å². The molecule has 0 spiro atoms. The second kappa shape index (κ2) is 10.9. The van der Waals surface area contributed by atoms with E-state index < -0.39 is 0 Å². The summed E-state index contributed by atoms with van der Waals surface area (Å²) in [5.74, 6) is 2.39. The molecule has 2 aliphatic carbocycles. The Morgan fingerprint density at radius 3 is 2.21 bits per heavy atom. The van der Waals surface area contributed by atoms with Crippen molar-refractivity contribution in [2.24, 2.45) is 17.8 Å². The van der Waals surface area contributed by atoms with Crippen molar-refractivity contribution in [2.45, 2.75) is 20.3 Å². The van der Waals surface area contributed by atoms with Crippen molar-refractivity contribution in [3.8, 4) is 0 Å². The van der Waals surface area contributed by atoms with Crippen LogP contribution < -0.4 is 24.8 Å². The van der Waals surface area contributed by atoms with Gasteiger partial charge in [-0.05, 0) is 11.8 Å². The van der Waals surface area contributed by atoms with Crippen LogP contribution in [0, 0.1) is 24.2 Å². The van der Waals surface area contributed by atoms with E-state index in [0.29, 0.717) is 0 Å². The molecule has 0 N–H and O–H groups in total. The third kappa shape index (κ3) is 6.43. The van der Waals surface area contributed by atoms with Crippen molar-refractivity contribution in [1.82, 2.24) is 0 Å². The van der Waals surface area contributed by atoms with Crippen molar-refractivity contribution < 1.29 is 51.0 Å². The minimum absolute atomic E-state index is 0. The van der Waals surface area contributed by atoms with Crippen molar-refractivity contribution in [2.75, 3.05) is 0 Å². The molecule has 0 bridgehead atoms. The minimum Gasteiger partial charge on any atom is -1.00 e. The van der Waals surface area contributed by atoms with E-state index in [1.807, 2.05) is 30.3 Å². The first kappa shape index (κ1) is 21.5. The molecule has 0 aromatic heterocycles. The Balaban J connectivity index is 0. The van der Waals surface area contributed by atoms with E-state index in [1.165, 1.54) is 6.42 Å². The molecule has 3 atom stereocenters. The summed E-state index contributed by atoms with van der Waals surface area (Å²) in [4.78, 5) is 0. The van der Waals surface area contributed by atoms with E-state index in [-0.39, 0.29) is 51.0 Å². The summed E-state index contributed by atoms with van der Waals surface area (Å²) >= 11 is 0. The maximum Gasteiger partial charge on any atom is 4.00 e. The van der Waals surface area contributed by atoms with Crippen LogP contribution in [0.5, 0.6) is 0 Å². The Bertz CT molecular complexity index is 351. The van der Waals surface area contributed by atoms with Gasteiger partial charge in [-0.3, -0.25) is 0 Å². The Labute approximate surface area is 149 Å². The van der Waals surface area contributed by atoms with Gasteiger partial charge < -0.3 is 24.8 Å². The van der Waals surface area contributed by atoms with Gasteiger partial charge in [0.15, 0.2) is 0 Å². The molecule has 2 aliphatic rings. The van der Waals surface area contributed by atoms with E-state index in [9.17, 15) is 0 Å². The zero-order valence-corrected chi connectivity index (χ0v) is 15.4. The Hall–Kier alpha value is 0.163. The second-order valence-corrected chi connectivity index (χ2v) is 4.86. The van der Waals surface area contributed by atoms with Gasteiger partial charge in [-0.25, -0.2) is 30.2 Å². The summed E-state index contributed by atoms with van der Waals surface area (Å²) < 4.78 is 0. The van der Waals surface area contributed by atoms with Gasteiger partial charge in [0.1, 0.15) is 0 Å². The third-order valence-corrected chi connectivity index (χ3v) is 3.42. The molecule has 1 aromatic rings. The van der Waals surface area contributed by atoms with E-state index in [2.05, 4.69) is 38.5 Å². The molecule has 1 aromatic carbocycles. The first-order chi connectivity index (χ1) is 7.77. The number of halogens is 2. The molecule has 3 heteroatoms. The monoisotopic (exact) mass is 372 g/mol. The number of allylic oxidation sites excluding steroid dienone is 4. The van der Waals surface area contributed by atoms with Gasteiger partial charge >= 0.3 is 26.2 Å². The van der Waals surface area contributed by atoms with Crippen molar-refractivity contribution in [3.63, 3.8) is 0 Å². The standard InChI is InChI=1S/C11H15.C5H5.2ClH.Zr/c1-8-6-10-5-3-4-9(2)11(10)7-8;1-2-4-5-3-1;;;/h3-6,8-9,11H,7H2,1-2H3;1-5H;2*1H;/q2*-1;;;+4/p-2. The van der Waals surface area contributed by atoms with Crippen LogP contribution in [-0.4, -0.2) is 0 Å². The molecule has 0 amide bonds. The van der Waals surface area contributed by atoms with E-state index in [0.717, 1.165) is 17.8 Å². The van der Waals surface area contributed by atoms with Crippen LogP contribution in [0.25, 0.3) is 0 Å². The van der Waals surface area contributed by atoms with E-state index in [4.69, 9.17) is 0 Å². The maximum absolute atomic E-state index is 2.42. The molecular weight excluding hydrogens is 354 g/mol. The second-order valence-electron chi connectivity index (χ2n) is 4.86. The Kier molecular flexibility index (Phi) is 12.3. The number of rotatable bonds is 0. The van der Waals surface area contributed by atoms with Crippen LogP contribution in [0.3, 0.4) is 0 Å². The van der Waals surface area contributed by atoms with Crippen LogP contribution in [0.15, 0.2) is 54.1 Å². The van der Waals surface area contributed by atoms with Gasteiger partial charge in [-0.1, -0.05) is 32.3 Å². The van der Waals surface area contributed by atoms with Crippen molar-refractivity contribution in [1.29, 1.82) is 0 Å². The largest absolute Gasteiger partial charge is 4.00 e. The summed E-state index contributed by atoms with van der Waals surface area (Å²) in [6.07, 6.45) is 10.6. The van der Waals surface area contributed by atoms with Crippen LogP contribution in [0.4, 0.5) is 0 Å². The summed E-state index contributed by atoms with van der Waals surface area (Å²) in [5, 5.41) is 0. The molecule has 19 heavy (non-hydrogen) atoms. The summed E-state index contributed by atoms with van der Waals surface area (Å²) in [6.45, 7) is 4.63. The topological polar surface area (TPSA) is 0 Å². The predicted octanol–water partition coefficient (Wildman–Crippen LogP) is -1.61. The zero-order valence-electron chi connectivity index (χ0n) is 11.4. The Morgan fingerprint density at radius 1 is 1.11 bits per heavy atom. The number of hydrogen-bond donors (Lipinski definition) is 0. The Morgan fingerprint density at radius 2 is 1.74 bits per heavy atom. The number of hydrogen-bond acceptors (Lipinski definition) is 0. The molecule has 0 heterocycles. The molecule has 102 valence electrons. The zero-order chi connectivity index (χ0) is 11.4. The van der Waals surface area contributed by atoms with Gasteiger partial charge in [-0.15, -0.1) is 6.08 Å². The normalized spacial score (nSPS) is 26.0. The molecule has 1 saturated carbocycles. The summed E-state index contributed by atoms with van der Waals surface area (Å²) in [6, 6.07) is 10.0. The fourth-order valence-electron chi connectivity index (χ4n) is 2.55. The third-order valence-electron chi connectivity index (χ3n) is 3.42. The average Bonchev–Trinajstić information content (AvgIpc) is 2.88. The quantitative estimate of drug-likeness (QED) is 0.480. The molecule has 3 rings (SSSR count). The van der Waals surface area contributed by atoms with Gasteiger partial charge in [0.2, 0.25) is 0 Å². The summed E-state index contributed by atoms with van der Waals surface area (Å²) in [7, 11) is 0. The van der Waals surface area contributed by atoms with E-state index >= 15 is 0 Å². The van der Waals surface area contributed by atoms with Gasteiger partial charge in [-0.2, -0.15) is 18.2 Å². The smallest absolute Gasteiger partial charge is 1.00 e. The maximum atomic E-state index is 2.42. The summed E-state index contributed by atoms with van der Waals surface area (Å²) in [5.41, 5.74) is 1.58. The van der Waals surface area contributed by atoms with Gasteiger partial charge in [0.25, 0.3) is 0 Å². The minimum atomic E-state index is 0. The van der Waals surface area contributed by atoms with Crippen LogP contribution in [-0.2, 0) is 26.2 Å². The molecule has 0 saturated heterocycles. The molecule has 3 unspecified atom stereocenters. The molecule has 0 aliphatic heterocycles. The van der Waals surface area contributed by atoms with Gasteiger partial charge in [0.05, 0.1) is 0 Å². The molecular formula is C16H20Cl2Zr. The molecule has 0 radical (unpaired) electrons. The predicted molar refractivity (Wildman–Crippen MR) is 70.0 cm³/mol. The van der Waals surface area contributed by atoms with Gasteiger partial charge in [0, 0.05) is 0 Å². The van der Waals surface area contributed by atoms with Crippen LogP contribution >= 0.6 is 0 Å². The van der Waals surface area contributed by atoms with Crippen LogP contribution in [0.2, 0.25) is 0 Å².